The van der Waals surface area contributed by atoms with E-state index in [1.54, 1.807) is 56.3 Å². The quantitative estimate of drug-likeness (QED) is 0.359. The number of urea groups is 1. The minimum absolute atomic E-state index is 0.110. The minimum atomic E-state index is -1.13. The lowest BCUT2D eigenvalue weighted by Gasteiger charge is -2.16. The largest absolute Gasteiger partial charge is 0.497 e. The summed E-state index contributed by atoms with van der Waals surface area (Å²) in [7, 11) is 3.02. The highest BCUT2D eigenvalue weighted by molar-refractivity contribution is 6.01. The summed E-state index contributed by atoms with van der Waals surface area (Å²) in [5, 5.41) is 21.0. The molecule has 0 saturated carbocycles. The van der Waals surface area contributed by atoms with Crippen molar-refractivity contribution in [1.29, 1.82) is 0 Å². The molecule has 0 saturated heterocycles. The molecule has 184 valence electrons. The van der Waals surface area contributed by atoms with Gasteiger partial charge in [-0.25, -0.2) is 9.59 Å². The third-order valence-electron chi connectivity index (χ3n) is 5.05. The van der Waals surface area contributed by atoms with E-state index in [9.17, 15) is 19.5 Å². The highest BCUT2D eigenvalue weighted by atomic mass is 16.5. The Bertz CT molecular complexity index is 1200. The van der Waals surface area contributed by atoms with Crippen LogP contribution in [0, 0.1) is 5.92 Å². The number of ether oxygens (including phenoxy) is 2. The number of carboxylic acid groups (broad SMARTS) is 1. The number of anilines is 2. The number of nitrogens with zero attached hydrogens (tertiary/aromatic N) is 1. The first-order valence-electron chi connectivity index (χ1n) is 10.6. The monoisotopic (exact) mass is 482 g/mol. The van der Waals surface area contributed by atoms with Crippen LogP contribution >= 0.6 is 0 Å². The highest BCUT2D eigenvalue weighted by Crippen LogP contribution is 2.29. The summed E-state index contributed by atoms with van der Waals surface area (Å²) in [6.07, 6.45) is 0. The molecule has 1 atom stereocenters. The van der Waals surface area contributed by atoms with Crippen LogP contribution in [0.1, 0.15) is 24.4 Å². The van der Waals surface area contributed by atoms with Crippen molar-refractivity contribution in [1.82, 2.24) is 10.5 Å². The number of benzene rings is 2. The van der Waals surface area contributed by atoms with E-state index in [0.29, 0.717) is 34.1 Å². The van der Waals surface area contributed by atoms with E-state index in [4.69, 9.17) is 14.0 Å². The second-order valence-corrected chi connectivity index (χ2v) is 7.83. The molecule has 0 fully saturated rings. The number of carbonyl (C=O) groups excluding carboxylic acids is 2. The van der Waals surface area contributed by atoms with Crippen molar-refractivity contribution >= 4 is 29.3 Å². The zero-order valence-corrected chi connectivity index (χ0v) is 19.6. The van der Waals surface area contributed by atoms with Crippen LogP contribution in [-0.2, 0) is 4.79 Å². The average Bonchev–Trinajstić information content (AvgIpc) is 3.32. The smallest absolute Gasteiger partial charge is 0.326 e. The van der Waals surface area contributed by atoms with Crippen LogP contribution in [0.25, 0.3) is 11.3 Å². The predicted molar refractivity (Wildman–Crippen MR) is 128 cm³/mol. The number of aromatic nitrogens is 1. The molecule has 1 heterocycles. The van der Waals surface area contributed by atoms with Gasteiger partial charge in [0.15, 0.2) is 0 Å². The minimum Gasteiger partial charge on any atom is -0.497 e. The van der Waals surface area contributed by atoms with Crippen LogP contribution in [0.3, 0.4) is 0 Å². The van der Waals surface area contributed by atoms with Gasteiger partial charge in [-0.15, -0.1) is 0 Å². The van der Waals surface area contributed by atoms with E-state index in [0.717, 1.165) is 0 Å². The molecule has 11 nitrogen and oxygen atoms in total. The lowest BCUT2D eigenvalue weighted by molar-refractivity contribution is -0.140. The molecule has 0 aliphatic carbocycles. The van der Waals surface area contributed by atoms with Gasteiger partial charge in [-0.3, -0.25) is 4.79 Å². The van der Waals surface area contributed by atoms with Gasteiger partial charge in [-0.05, 0) is 30.2 Å². The predicted octanol–water partition coefficient (Wildman–Crippen LogP) is 3.84. The van der Waals surface area contributed by atoms with Crippen LogP contribution in [0.15, 0.2) is 53.1 Å². The number of carbonyl (C=O) groups is 3. The zero-order chi connectivity index (χ0) is 25.5. The molecule has 3 amide bonds. The molecule has 0 bridgehead atoms. The third kappa shape index (κ3) is 6.28. The number of hydrogen-bond acceptors (Lipinski definition) is 7. The van der Waals surface area contributed by atoms with Gasteiger partial charge in [0, 0.05) is 23.4 Å². The number of rotatable bonds is 9. The fraction of sp³-hybridized carbons (Fsp3) is 0.250. The summed E-state index contributed by atoms with van der Waals surface area (Å²) in [5.74, 6) is -1.18. The van der Waals surface area contributed by atoms with Gasteiger partial charge in [0.1, 0.15) is 23.2 Å². The van der Waals surface area contributed by atoms with Gasteiger partial charge in [0.25, 0.3) is 5.91 Å². The van der Waals surface area contributed by atoms with Gasteiger partial charge in [0.05, 0.1) is 19.9 Å². The number of methoxy groups -OCH3 is 2. The number of nitrogens with one attached hydrogen (secondary N) is 3. The summed E-state index contributed by atoms with van der Waals surface area (Å²) in [6.45, 7) is 3.38. The van der Waals surface area contributed by atoms with Crippen LogP contribution < -0.4 is 25.4 Å². The number of amides is 3. The molecular weight excluding hydrogens is 456 g/mol. The van der Waals surface area contributed by atoms with Crippen molar-refractivity contribution < 1.29 is 33.5 Å². The van der Waals surface area contributed by atoms with E-state index in [1.807, 2.05) is 0 Å². The van der Waals surface area contributed by atoms with Gasteiger partial charge in [-0.2, -0.15) is 0 Å². The first-order valence-corrected chi connectivity index (χ1v) is 10.6. The lowest BCUT2D eigenvalue weighted by atomic mass is 10.0. The molecule has 11 heteroatoms. The summed E-state index contributed by atoms with van der Waals surface area (Å²) in [4.78, 5) is 36.1. The van der Waals surface area contributed by atoms with Crippen molar-refractivity contribution in [2.24, 2.45) is 5.92 Å². The Hall–Kier alpha value is -4.54. The Balaban J connectivity index is 1.65. The van der Waals surface area contributed by atoms with E-state index >= 15 is 0 Å². The average molecular weight is 482 g/mol. The molecule has 35 heavy (non-hydrogen) atoms. The number of carboxylic acids is 1. The number of hydrogen-bond donors (Lipinski definition) is 4. The normalized spacial score (nSPS) is 11.5. The Morgan fingerprint density at radius 3 is 2.29 bits per heavy atom. The molecular formula is C24H26N4O7. The SMILES string of the molecule is COc1ccc(OC)c(NC(=O)Nc2ccc(-c3cc(C(=O)N[C@H](C(=O)O)C(C)C)on3)cc2)c1. The third-order valence-corrected chi connectivity index (χ3v) is 5.05. The lowest BCUT2D eigenvalue weighted by Crippen LogP contribution is -2.44. The van der Waals surface area contributed by atoms with Crippen molar-refractivity contribution in [2.45, 2.75) is 19.9 Å². The maximum Gasteiger partial charge on any atom is 0.326 e. The molecule has 3 rings (SSSR count). The molecule has 2 aromatic carbocycles. The number of aliphatic carboxylic acids is 1. The van der Waals surface area contributed by atoms with Crippen molar-refractivity contribution in [3.63, 3.8) is 0 Å². The molecule has 0 radical (unpaired) electrons. The van der Waals surface area contributed by atoms with Gasteiger partial charge in [-0.1, -0.05) is 31.1 Å². The molecule has 0 aliphatic heterocycles. The standard InChI is InChI=1S/C24H26N4O7/c1-13(2)21(23(30)31)27-22(29)20-12-17(28-35-20)14-5-7-15(8-6-14)25-24(32)26-18-11-16(33-3)9-10-19(18)34-4/h5-13,21H,1-4H3,(H,27,29)(H,30,31)(H2,25,26,32)/t21-/m0/s1. The van der Waals surface area contributed by atoms with E-state index in [1.165, 1.54) is 20.3 Å². The summed E-state index contributed by atoms with van der Waals surface area (Å²) >= 11 is 0. The van der Waals surface area contributed by atoms with Crippen LogP contribution in [0.4, 0.5) is 16.2 Å². The van der Waals surface area contributed by atoms with E-state index < -0.39 is 23.9 Å². The van der Waals surface area contributed by atoms with Crippen molar-refractivity contribution in [3.8, 4) is 22.8 Å². The summed E-state index contributed by atoms with van der Waals surface area (Å²) in [5.41, 5.74) is 1.96. The molecule has 0 aliphatic rings. The highest BCUT2D eigenvalue weighted by Gasteiger charge is 2.26. The molecule has 4 N–H and O–H groups in total. The Labute approximate surface area is 201 Å². The molecule has 3 aromatic rings. The maximum absolute atomic E-state index is 12.4. The first kappa shape index (κ1) is 25.1. The summed E-state index contributed by atoms with van der Waals surface area (Å²) in [6, 6.07) is 11.6. The fourth-order valence-corrected chi connectivity index (χ4v) is 3.16. The fourth-order valence-electron chi connectivity index (χ4n) is 3.16. The van der Waals surface area contributed by atoms with Crippen LogP contribution in [-0.4, -0.2) is 48.4 Å². The topological polar surface area (TPSA) is 152 Å². The van der Waals surface area contributed by atoms with E-state index in [-0.39, 0.29) is 11.7 Å². The second-order valence-electron chi connectivity index (χ2n) is 7.83. The molecule has 0 spiro atoms. The molecule has 1 aromatic heterocycles. The van der Waals surface area contributed by atoms with E-state index in [2.05, 4.69) is 21.1 Å². The second kappa shape index (κ2) is 11.1. The Morgan fingerprint density at radius 2 is 1.69 bits per heavy atom. The van der Waals surface area contributed by atoms with Crippen LogP contribution in [0.5, 0.6) is 11.5 Å². The first-order chi connectivity index (χ1) is 16.7. The van der Waals surface area contributed by atoms with Gasteiger partial charge < -0.3 is 35.1 Å². The zero-order valence-electron chi connectivity index (χ0n) is 19.6. The van der Waals surface area contributed by atoms with Gasteiger partial charge in [0.2, 0.25) is 5.76 Å². The van der Waals surface area contributed by atoms with Crippen molar-refractivity contribution in [3.05, 3.63) is 54.3 Å². The maximum atomic E-state index is 12.4. The van der Waals surface area contributed by atoms with Gasteiger partial charge >= 0.3 is 12.0 Å². The summed E-state index contributed by atoms with van der Waals surface area (Å²) < 4.78 is 15.5. The molecule has 0 unspecified atom stereocenters. The Morgan fingerprint density at radius 1 is 0.971 bits per heavy atom. The van der Waals surface area contributed by atoms with Crippen LogP contribution in [0.2, 0.25) is 0 Å². The van der Waals surface area contributed by atoms with Crippen molar-refractivity contribution in [2.75, 3.05) is 24.9 Å². The Kier molecular flexibility index (Phi) is 7.92.